The van der Waals surface area contributed by atoms with Crippen molar-refractivity contribution in [1.29, 1.82) is 0 Å². The molecular weight excluding hydrogens is 227 g/mol. The maximum Gasteiger partial charge on any atom is 0.307 e. The Morgan fingerprint density at radius 3 is 2.88 bits per heavy atom. The first-order chi connectivity index (χ1) is 7.63. The normalized spacial score (nSPS) is 9.38. The molecule has 1 aromatic rings. The van der Waals surface area contributed by atoms with Crippen LogP contribution in [0.25, 0.3) is 0 Å². The molecule has 0 saturated carbocycles. The molecule has 0 bridgehead atoms. The number of benzene rings is 1. The predicted octanol–water partition coefficient (Wildman–Crippen LogP) is 2.12. The summed E-state index contributed by atoms with van der Waals surface area (Å²) < 4.78 is 12.9. The van der Waals surface area contributed by atoms with Crippen molar-refractivity contribution >= 4 is 18.6 Å². The third kappa shape index (κ3) is 3.95. The van der Waals surface area contributed by atoms with E-state index in [9.17, 15) is 9.18 Å². The van der Waals surface area contributed by atoms with Crippen molar-refractivity contribution in [2.75, 3.05) is 5.75 Å². The molecule has 2 nitrogen and oxygen atoms in total. The van der Waals surface area contributed by atoms with E-state index in [2.05, 4.69) is 24.5 Å². The van der Waals surface area contributed by atoms with Crippen LogP contribution in [0.1, 0.15) is 17.5 Å². The van der Waals surface area contributed by atoms with Gasteiger partial charge in [-0.3, -0.25) is 4.79 Å². The molecule has 0 aliphatic heterocycles. The van der Waals surface area contributed by atoms with Gasteiger partial charge >= 0.3 is 5.97 Å². The number of thiol groups is 1. The molecule has 0 radical (unpaired) electrons. The lowest BCUT2D eigenvalue weighted by molar-refractivity contribution is -0.136. The number of carboxylic acid groups (broad SMARTS) is 1. The summed E-state index contributed by atoms with van der Waals surface area (Å²) in [5.41, 5.74) is 0.963. The van der Waals surface area contributed by atoms with Gasteiger partial charge < -0.3 is 5.11 Å². The summed E-state index contributed by atoms with van der Waals surface area (Å²) in [5, 5.41) is 8.67. The molecule has 0 aliphatic rings. The highest BCUT2D eigenvalue weighted by Gasteiger charge is 2.06. The second-order valence-electron chi connectivity index (χ2n) is 3.15. The molecule has 1 rings (SSSR count). The molecule has 16 heavy (non-hydrogen) atoms. The van der Waals surface area contributed by atoms with E-state index < -0.39 is 11.8 Å². The summed E-state index contributed by atoms with van der Waals surface area (Å²) >= 11 is 4.01. The number of rotatable bonds is 3. The highest BCUT2D eigenvalue weighted by atomic mass is 32.1. The molecule has 0 unspecified atom stereocenters. The van der Waals surface area contributed by atoms with E-state index in [1.807, 2.05) is 0 Å². The maximum absolute atomic E-state index is 12.9. The average molecular weight is 238 g/mol. The molecular formula is C12H11FO2S. The van der Waals surface area contributed by atoms with Gasteiger partial charge in [0.05, 0.1) is 6.42 Å². The molecule has 84 valence electrons. The van der Waals surface area contributed by atoms with Gasteiger partial charge in [0.25, 0.3) is 0 Å². The highest BCUT2D eigenvalue weighted by molar-refractivity contribution is 7.80. The SMILES string of the molecule is O=C(O)Cc1cc(F)ccc1C#CCCS. The van der Waals surface area contributed by atoms with Crippen molar-refractivity contribution in [3.8, 4) is 11.8 Å². The molecule has 4 heteroatoms. The lowest BCUT2D eigenvalue weighted by atomic mass is 10.0. The first kappa shape index (κ1) is 12.6. The van der Waals surface area contributed by atoms with Crippen LogP contribution in [0.3, 0.4) is 0 Å². The van der Waals surface area contributed by atoms with Crippen LogP contribution in [0, 0.1) is 17.7 Å². The molecule has 0 heterocycles. The van der Waals surface area contributed by atoms with Crippen LogP contribution in [0.2, 0.25) is 0 Å². The lowest BCUT2D eigenvalue weighted by Gasteiger charge is -2.01. The quantitative estimate of drug-likeness (QED) is 0.625. The molecule has 0 spiro atoms. The maximum atomic E-state index is 12.9. The summed E-state index contributed by atoms with van der Waals surface area (Å²) in [6.45, 7) is 0. The fourth-order valence-electron chi connectivity index (χ4n) is 1.21. The second kappa shape index (κ2) is 6.19. The number of halogens is 1. The van der Waals surface area contributed by atoms with Gasteiger partial charge in [0.2, 0.25) is 0 Å². The largest absolute Gasteiger partial charge is 0.481 e. The fraction of sp³-hybridized carbons (Fsp3) is 0.250. The Balaban J connectivity index is 2.99. The Labute approximate surface area is 98.9 Å². The van der Waals surface area contributed by atoms with Crippen molar-refractivity contribution in [2.45, 2.75) is 12.8 Å². The van der Waals surface area contributed by atoms with E-state index in [0.29, 0.717) is 23.3 Å². The van der Waals surface area contributed by atoms with Crippen LogP contribution in [0.4, 0.5) is 4.39 Å². The Morgan fingerprint density at radius 1 is 1.50 bits per heavy atom. The molecule has 1 aromatic carbocycles. The molecule has 0 amide bonds. The van der Waals surface area contributed by atoms with Crippen molar-refractivity contribution in [1.82, 2.24) is 0 Å². The molecule has 0 fully saturated rings. The van der Waals surface area contributed by atoms with Crippen molar-refractivity contribution in [2.24, 2.45) is 0 Å². The van der Waals surface area contributed by atoms with Crippen molar-refractivity contribution in [3.63, 3.8) is 0 Å². The van der Waals surface area contributed by atoms with Gasteiger partial charge in [-0.1, -0.05) is 11.8 Å². The zero-order chi connectivity index (χ0) is 12.0. The Morgan fingerprint density at radius 2 is 2.25 bits per heavy atom. The van der Waals surface area contributed by atoms with Crippen LogP contribution in [-0.4, -0.2) is 16.8 Å². The van der Waals surface area contributed by atoms with Crippen molar-refractivity contribution in [3.05, 3.63) is 35.1 Å². The van der Waals surface area contributed by atoms with Crippen molar-refractivity contribution < 1.29 is 14.3 Å². The number of hydrogen-bond donors (Lipinski definition) is 2. The molecule has 1 N–H and O–H groups in total. The van der Waals surface area contributed by atoms with E-state index in [1.54, 1.807) is 0 Å². The average Bonchev–Trinajstić information content (AvgIpc) is 2.20. The van der Waals surface area contributed by atoms with E-state index in [-0.39, 0.29) is 6.42 Å². The van der Waals surface area contributed by atoms with Gasteiger partial charge in [-0.2, -0.15) is 12.6 Å². The Hall–Kier alpha value is -1.47. The Bertz CT molecular complexity index is 446. The van der Waals surface area contributed by atoms with Crippen LogP contribution in [0.5, 0.6) is 0 Å². The van der Waals surface area contributed by atoms with Gasteiger partial charge in [0.15, 0.2) is 0 Å². The summed E-state index contributed by atoms with van der Waals surface area (Å²) in [6.07, 6.45) is 0.398. The highest BCUT2D eigenvalue weighted by Crippen LogP contribution is 2.11. The Kier molecular flexibility index (Phi) is 4.87. The number of hydrogen-bond acceptors (Lipinski definition) is 2. The van der Waals surface area contributed by atoms with Gasteiger partial charge in [-0.25, -0.2) is 4.39 Å². The van der Waals surface area contributed by atoms with E-state index in [4.69, 9.17) is 5.11 Å². The molecule has 0 saturated heterocycles. The minimum Gasteiger partial charge on any atom is -0.481 e. The lowest BCUT2D eigenvalue weighted by Crippen LogP contribution is -2.02. The summed E-state index contributed by atoms with van der Waals surface area (Å²) in [6, 6.07) is 3.98. The number of carbonyl (C=O) groups is 1. The molecule has 0 aromatic heterocycles. The minimum absolute atomic E-state index is 0.220. The zero-order valence-electron chi connectivity index (χ0n) is 8.53. The monoisotopic (exact) mass is 238 g/mol. The van der Waals surface area contributed by atoms with Gasteiger partial charge in [-0.15, -0.1) is 0 Å². The molecule has 0 aliphatic carbocycles. The first-order valence-corrected chi connectivity index (χ1v) is 5.36. The van der Waals surface area contributed by atoms with Crippen LogP contribution in [-0.2, 0) is 11.2 Å². The van der Waals surface area contributed by atoms with Gasteiger partial charge in [-0.05, 0) is 23.8 Å². The summed E-state index contributed by atoms with van der Waals surface area (Å²) in [7, 11) is 0. The number of aliphatic carboxylic acids is 1. The fourth-order valence-corrected chi connectivity index (χ4v) is 1.32. The van der Waals surface area contributed by atoms with E-state index in [0.717, 1.165) is 0 Å². The van der Waals surface area contributed by atoms with E-state index >= 15 is 0 Å². The van der Waals surface area contributed by atoms with Gasteiger partial charge in [0.1, 0.15) is 5.82 Å². The van der Waals surface area contributed by atoms with Crippen LogP contribution >= 0.6 is 12.6 Å². The van der Waals surface area contributed by atoms with Crippen LogP contribution < -0.4 is 0 Å². The van der Waals surface area contributed by atoms with E-state index in [1.165, 1.54) is 18.2 Å². The summed E-state index contributed by atoms with van der Waals surface area (Å²) in [4.78, 5) is 10.6. The third-order valence-corrected chi connectivity index (χ3v) is 2.09. The summed E-state index contributed by atoms with van der Waals surface area (Å²) in [5.74, 6) is 4.86. The first-order valence-electron chi connectivity index (χ1n) is 4.73. The number of carboxylic acids is 1. The smallest absolute Gasteiger partial charge is 0.307 e. The van der Waals surface area contributed by atoms with Gasteiger partial charge in [0, 0.05) is 17.7 Å². The molecule has 0 atom stereocenters. The second-order valence-corrected chi connectivity index (χ2v) is 3.59. The predicted molar refractivity (Wildman–Crippen MR) is 63.1 cm³/mol. The third-order valence-electron chi connectivity index (χ3n) is 1.87. The topological polar surface area (TPSA) is 37.3 Å². The standard InChI is InChI=1S/C12H11FO2S/c13-11-5-4-9(3-1-2-6-16)10(7-11)8-12(14)15/h4-5,7,16H,2,6,8H2,(H,14,15). The van der Waals surface area contributed by atoms with Crippen LogP contribution in [0.15, 0.2) is 18.2 Å². The minimum atomic E-state index is -0.997. The zero-order valence-corrected chi connectivity index (χ0v) is 9.43.